The van der Waals surface area contributed by atoms with Crippen molar-refractivity contribution in [3.05, 3.63) is 362 Å². The number of para-hydroxylation sites is 6. The minimum Gasteiger partial charge on any atom is -0.456 e. The molecule has 4 aromatic heterocycles. The topological polar surface area (TPSA) is 70.8 Å². The lowest BCUT2D eigenvalue weighted by molar-refractivity contribution is 0.668. The molecule has 107 heavy (non-hydrogen) atoms. The molecule has 0 amide bonds. The summed E-state index contributed by atoms with van der Waals surface area (Å²) in [6, 6.07) is 81.1. The van der Waals surface area contributed by atoms with Crippen molar-refractivity contribution in [2.24, 2.45) is 0 Å². The third-order valence-corrected chi connectivity index (χ3v) is 21.3. The standard InChI is InChI=1S/C98H57BN6O2/c1-101-65-46-52-85-79(56-65)71-30-12-16-40-83(71)103(85)67-48-50-81-87(58-67)105(98-69(63-27-9-4-10-28-63)34-20-38-75(98)73-36-22-44-93-95(73)77-32-14-18-42-91(77)107-93)89-55-64(61-23-5-2-6-24-61)54-88-96(89)99(81)80-49-47-66(102-82-39-15-11-29-70(82)78-53-60(59-100)45-51-84(78)102)57-86(80)104(88)97-68(62-25-7-3-8-26-62)33-19-37-74(97)72-35-21-43-92-94(72)76-31-13-17-41-90(76)106-92/h2-58H/i11D,12D,15D,16D,29D,30D,39D,40D,45D,46D,51D,52D,53D,56D. The van der Waals surface area contributed by atoms with Crippen LogP contribution in [0.2, 0.25) is 0 Å². The van der Waals surface area contributed by atoms with Crippen LogP contribution in [0.15, 0.2) is 354 Å². The fourth-order valence-electron chi connectivity index (χ4n) is 16.9. The molecule has 2 aliphatic rings. The van der Waals surface area contributed by atoms with Crippen molar-refractivity contribution >= 4 is 150 Å². The lowest BCUT2D eigenvalue weighted by Gasteiger charge is -2.46. The van der Waals surface area contributed by atoms with E-state index in [-0.39, 0.29) is 55.0 Å². The van der Waals surface area contributed by atoms with Crippen molar-refractivity contribution in [3.63, 3.8) is 0 Å². The van der Waals surface area contributed by atoms with Gasteiger partial charge in [-0.1, -0.05) is 242 Å². The predicted octanol–water partition coefficient (Wildman–Crippen LogP) is 24.5. The molecular weight excluding hydrogens is 1300 g/mol. The van der Waals surface area contributed by atoms with E-state index in [0.717, 1.165) is 82.6 Å². The molecule has 16 aromatic carbocycles. The summed E-state index contributed by atoms with van der Waals surface area (Å²) >= 11 is 0. The smallest absolute Gasteiger partial charge is 0.252 e. The third-order valence-electron chi connectivity index (χ3n) is 21.3. The van der Waals surface area contributed by atoms with E-state index in [1.54, 1.807) is 0 Å². The zero-order valence-corrected chi connectivity index (χ0v) is 56.4. The van der Waals surface area contributed by atoms with Crippen molar-refractivity contribution in [3.8, 4) is 73.1 Å². The number of hydrogen-bond donors (Lipinski definition) is 0. The fraction of sp³-hybridized carbons (Fsp3) is 0. The van der Waals surface area contributed by atoms with Crippen LogP contribution in [0, 0.1) is 17.9 Å². The van der Waals surface area contributed by atoms with Gasteiger partial charge in [-0.15, -0.1) is 0 Å². The first-order valence-corrected chi connectivity index (χ1v) is 35.0. The quantitative estimate of drug-likeness (QED) is 0.106. The second kappa shape index (κ2) is 23.5. The molecular formula is C98H57BN6O2. The van der Waals surface area contributed by atoms with Crippen molar-refractivity contribution in [1.29, 1.82) is 5.26 Å². The molecule has 9 heteroatoms. The van der Waals surface area contributed by atoms with Gasteiger partial charge >= 0.3 is 0 Å². The van der Waals surface area contributed by atoms with E-state index in [1.165, 1.54) is 9.13 Å². The van der Waals surface area contributed by atoms with Gasteiger partial charge < -0.3 is 27.8 Å². The third kappa shape index (κ3) is 8.96. The Hall–Kier alpha value is -14.6. The molecule has 0 saturated heterocycles. The highest BCUT2D eigenvalue weighted by Crippen LogP contribution is 2.56. The monoisotopic (exact) mass is 1370 g/mol. The summed E-state index contributed by atoms with van der Waals surface area (Å²) in [5, 5.41) is 13.7. The summed E-state index contributed by atoms with van der Waals surface area (Å²) in [5.41, 5.74) is 15.7. The highest BCUT2D eigenvalue weighted by molar-refractivity contribution is 7.00. The second-order valence-electron chi connectivity index (χ2n) is 26.8. The fourth-order valence-corrected chi connectivity index (χ4v) is 16.9. The maximum atomic E-state index is 10.7. The Kier molecular flexibility index (Phi) is 10.4. The van der Waals surface area contributed by atoms with Crippen molar-refractivity contribution in [2.45, 2.75) is 0 Å². The first kappa shape index (κ1) is 47.5. The van der Waals surface area contributed by atoms with Gasteiger partial charge in [0.15, 0.2) is 5.69 Å². The summed E-state index contributed by atoms with van der Waals surface area (Å²) in [5.74, 6) is 0. The van der Waals surface area contributed by atoms with Gasteiger partial charge in [-0.05, 0) is 158 Å². The Balaban J connectivity index is 0.956. The van der Waals surface area contributed by atoms with Crippen molar-refractivity contribution in [2.75, 3.05) is 9.80 Å². The summed E-state index contributed by atoms with van der Waals surface area (Å²) in [4.78, 5) is 8.15. The number of hydrogen-bond acceptors (Lipinski definition) is 5. The van der Waals surface area contributed by atoms with Crippen LogP contribution in [0.4, 0.5) is 39.8 Å². The SMILES string of the molecule is [2H]c1c([2H])c([2H])c2c(c1[2H])c1c([2H])c(C#N)c([2H])c([2H])c1n2-c1ccc2c(c1)N(c1c(-c3ccccc3)cccc1-c1cccc3oc4ccccc4c13)c1cc(-c3ccccc3)cc3c1B2c1ccc(-n2c4c([2H])c([2H])c([2H])c([2H])c4c4c([2H])c([N+]#[C-])c([2H])c([2H])c42)cc1N3c1c(-c2ccccc2)cccc1-c1cccc2oc3ccccc3c12. The summed E-state index contributed by atoms with van der Waals surface area (Å²) < 4.78 is 151. The number of furan rings is 2. The lowest BCUT2D eigenvalue weighted by atomic mass is 9.33. The molecule has 0 radical (unpaired) electrons. The molecule has 0 atom stereocenters. The second-order valence-corrected chi connectivity index (χ2v) is 26.8. The number of nitriles is 1. The van der Waals surface area contributed by atoms with Gasteiger partial charge in [-0.2, -0.15) is 5.26 Å². The van der Waals surface area contributed by atoms with Gasteiger partial charge in [0.25, 0.3) is 6.71 Å². The number of nitrogens with zero attached hydrogens (tertiary/aromatic N) is 6. The lowest BCUT2D eigenvalue weighted by Crippen LogP contribution is -2.61. The van der Waals surface area contributed by atoms with E-state index >= 15 is 0 Å². The minimum atomic E-state index is -0.847. The number of benzene rings is 16. The van der Waals surface area contributed by atoms with Gasteiger partial charge in [-0.25, -0.2) is 4.85 Å². The van der Waals surface area contributed by atoms with E-state index in [1.807, 2.05) is 176 Å². The highest BCUT2D eigenvalue weighted by atomic mass is 16.3. The van der Waals surface area contributed by atoms with Gasteiger partial charge in [0, 0.05) is 96.8 Å². The average Bonchev–Trinajstić information content (AvgIpc) is 1.23. The van der Waals surface area contributed by atoms with Crippen LogP contribution in [-0.4, -0.2) is 15.8 Å². The largest absolute Gasteiger partial charge is 0.456 e. The first-order chi connectivity index (χ1) is 58.9. The van der Waals surface area contributed by atoms with Gasteiger partial charge in [-0.3, -0.25) is 0 Å². The minimum absolute atomic E-state index is 0.0902. The average molecular weight is 1380 g/mol. The number of rotatable bonds is 9. The summed E-state index contributed by atoms with van der Waals surface area (Å²) in [6.45, 7) is 7.44. The Morgan fingerprint density at radius 1 is 0.355 bits per heavy atom. The van der Waals surface area contributed by atoms with Gasteiger partial charge in [0.1, 0.15) is 22.3 Å². The number of aromatic nitrogens is 2. The van der Waals surface area contributed by atoms with Crippen molar-refractivity contribution in [1.82, 2.24) is 9.13 Å². The molecule has 0 unspecified atom stereocenters. The van der Waals surface area contributed by atoms with E-state index < -0.39 is 103 Å². The molecule has 494 valence electrons. The maximum Gasteiger partial charge on any atom is 0.252 e. The molecule has 6 heterocycles. The highest BCUT2D eigenvalue weighted by Gasteiger charge is 2.46. The van der Waals surface area contributed by atoms with E-state index in [9.17, 15) is 21.7 Å². The zero-order chi connectivity index (χ0) is 82.7. The Morgan fingerprint density at radius 2 is 0.785 bits per heavy atom. The molecule has 22 rings (SSSR count). The van der Waals surface area contributed by atoms with Gasteiger partial charge in [0.05, 0.1) is 68.1 Å². The van der Waals surface area contributed by atoms with Crippen LogP contribution in [0.25, 0.3) is 159 Å². The Morgan fingerprint density at radius 3 is 1.30 bits per heavy atom. The molecule has 0 bridgehead atoms. The predicted molar refractivity (Wildman–Crippen MR) is 442 cm³/mol. The molecule has 20 aromatic rings. The van der Waals surface area contributed by atoms with Gasteiger partial charge in [0.2, 0.25) is 0 Å². The van der Waals surface area contributed by atoms with Crippen LogP contribution in [0.1, 0.15) is 24.8 Å². The zero-order valence-electron chi connectivity index (χ0n) is 70.4. The van der Waals surface area contributed by atoms with Crippen LogP contribution < -0.4 is 26.2 Å². The molecule has 0 N–H and O–H groups in total. The van der Waals surface area contributed by atoms with E-state index in [2.05, 4.69) is 106 Å². The normalized spacial score (nSPS) is 14.2. The molecule has 0 fully saturated rings. The van der Waals surface area contributed by atoms with E-state index in [0.29, 0.717) is 67.4 Å². The van der Waals surface area contributed by atoms with Crippen LogP contribution in [0.3, 0.4) is 0 Å². The van der Waals surface area contributed by atoms with Crippen molar-refractivity contribution < 1.29 is 28.0 Å². The summed E-state index contributed by atoms with van der Waals surface area (Å²) in [7, 11) is 0. The molecule has 0 saturated carbocycles. The number of fused-ring (bicyclic) bond motifs is 16. The molecule has 0 aliphatic carbocycles. The maximum absolute atomic E-state index is 10.7. The molecule has 2 aliphatic heterocycles. The van der Waals surface area contributed by atoms with E-state index in [4.69, 9.17) is 18.1 Å². The first-order valence-electron chi connectivity index (χ1n) is 42.0. The van der Waals surface area contributed by atoms with Crippen LogP contribution in [-0.2, 0) is 0 Å². The van der Waals surface area contributed by atoms with Crippen LogP contribution in [0.5, 0.6) is 0 Å². The van der Waals surface area contributed by atoms with Crippen LogP contribution >= 0.6 is 0 Å². The summed E-state index contributed by atoms with van der Waals surface area (Å²) in [6.07, 6.45) is 0. The molecule has 8 nitrogen and oxygen atoms in total. The number of anilines is 6. The molecule has 0 spiro atoms. The Labute approximate surface area is 635 Å². The Bertz CT molecular complexity index is 7700.